The van der Waals surface area contributed by atoms with E-state index in [1.165, 1.54) is 12.1 Å². The third-order valence-corrected chi connectivity index (χ3v) is 9.91. The normalized spacial score (nSPS) is 12.1. The Morgan fingerprint density at radius 3 is 0.852 bits per heavy atom. The minimum atomic E-state index is -4.46. The maximum atomic E-state index is 13.6. The number of benzene rings is 7. The summed E-state index contributed by atoms with van der Waals surface area (Å²) in [6.07, 6.45) is -5.02. The zero-order valence-corrected chi connectivity index (χ0v) is 29.7. The maximum absolute atomic E-state index is 13.6. The highest BCUT2D eigenvalue weighted by atomic mass is 19.4. The van der Waals surface area contributed by atoms with Crippen LogP contribution in [0.5, 0.6) is 5.75 Å². The average molecular weight is 719 g/mol. The van der Waals surface area contributed by atoms with Crippen molar-refractivity contribution in [2.75, 3.05) is 13.1 Å². The molecule has 7 aromatic carbocycles. The molecule has 0 aliphatic rings. The lowest BCUT2D eigenvalue weighted by atomic mass is 9.76. The van der Waals surface area contributed by atoms with Gasteiger partial charge in [0.05, 0.1) is 16.6 Å². The van der Waals surface area contributed by atoms with Crippen molar-refractivity contribution in [3.05, 3.63) is 245 Å². The van der Waals surface area contributed by atoms with E-state index in [9.17, 15) is 13.2 Å². The second-order valence-electron chi connectivity index (χ2n) is 13.2. The highest BCUT2D eigenvalue weighted by Gasteiger charge is 2.39. The molecule has 0 heterocycles. The van der Waals surface area contributed by atoms with E-state index < -0.39 is 28.9 Å². The maximum Gasteiger partial charge on any atom is 0.416 e. The number of nitrogens with one attached hydrogen (secondary N) is 2. The number of ether oxygens (including phenoxy) is 1. The molecule has 6 heteroatoms. The van der Waals surface area contributed by atoms with Crippen LogP contribution in [0.2, 0.25) is 0 Å². The van der Waals surface area contributed by atoms with Crippen molar-refractivity contribution >= 4 is 0 Å². The fourth-order valence-electron chi connectivity index (χ4n) is 7.35. The van der Waals surface area contributed by atoms with Crippen LogP contribution in [0.4, 0.5) is 13.2 Å². The van der Waals surface area contributed by atoms with Gasteiger partial charge in [0.2, 0.25) is 0 Å². The number of alkyl halides is 3. The van der Waals surface area contributed by atoms with E-state index in [-0.39, 0.29) is 0 Å². The summed E-state index contributed by atoms with van der Waals surface area (Å²) < 4.78 is 47.5. The molecule has 0 saturated carbocycles. The predicted octanol–water partition coefficient (Wildman–Crippen LogP) is 10.6. The molecule has 3 nitrogen and oxygen atoms in total. The Hall–Kier alpha value is -5.95. The van der Waals surface area contributed by atoms with Crippen LogP contribution in [0.3, 0.4) is 0 Å². The van der Waals surface area contributed by atoms with Gasteiger partial charge in [-0.1, -0.05) is 182 Å². The molecule has 0 bridgehead atoms. The number of halogens is 3. The van der Waals surface area contributed by atoms with Gasteiger partial charge < -0.3 is 4.74 Å². The van der Waals surface area contributed by atoms with Crippen molar-refractivity contribution in [3.63, 3.8) is 0 Å². The van der Waals surface area contributed by atoms with Gasteiger partial charge in [-0.15, -0.1) is 0 Å². The Kier molecular flexibility index (Phi) is 11.0. The van der Waals surface area contributed by atoms with Gasteiger partial charge in [0.1, 0.15) is 11.9 Å². The first-order valence-electron chi connectivity index (χ1n) is 18.1. The Balaban J connectivity index is 1.33. The second kappa shape index (κ2) is 16.4. The van der Waals surface area contributed by atoms with Crippen molar-refractivity contribution in [1.29, 1.82) is 0 Å². The molecule has 2 N–H and O–H groups in total. The number of hydrogen-bond acceptors (Lipinski definition) is 3. The van der Waals surface area contributed by atoms with Crippen LogP contribution in [0.15, 0.2) is 206 Å². The highest BCUT2D eigenvalue weighted by molar-refractivity contribution is 5.51. The average Bonchev–Trinajstić information content (AvgIpc) is 3.23. The van der Waals surface area contributed by atoms with Crippen molar-refractivity contribution in [2.45, 2.75) is 23.4 Å². The van der Waals surface area contributed by atoms with Crippen LogP contribution in [-0.2, 0) is 17.3 Å². The molecule has 0 unspecified atom stereocenters. The van der Waals surface area contributed by atoms with E-state index in [2.05, 4.69) is 83.4 Å². The van der Waals surface area contributed by atoms with E-state index >= 15 is 0 Å². The summed E-state index contributed by atoms with van der Waals surface area (Å²) in [5, 5.41) is 7.90. The highest BCUT2D eigenvalue weighted by Crippen LogP contribution is 2.39. The van der Waals surface area contributed by atoms with E-state index in [0.717, 1.165) is 45.5 Å². The molecule has 0 amide bonds. The number of rotatable bonds is 14. The van der Waals surface area contributed by atoms with E-state index in [4.69, 9.17) is 4.74 Å². The van der Waals surface area contributed by atoms with Crippen molar-refractivity contribution in [1.82, 2.24) is 10.6 Å². The van der Waals surface area contributed by atoms with Crippen molar-refractivity contribution in [3.8, 4) is 5.75 Å². The van der Waals surface area contributed by atoms with Gasteiger partial charge in [-0.2, -0.15) is 13.2 Å². The quantitative estimate of drug-likeness (QED) is 0.110. The smallest absolute Gasteiger partial charge is 0.416 e. The molecule has 270 valence electrons. The molecule has 0 aromatic heterocycles. The molecule has 0 spiro atoms. The first-order chi connectivity index (χ1) is 26.4. The summed E-state index contributed by atoms with van der Waals surface area (Å²) in [6.45, 7) is 0.641. The summed E-state index contributed by atoms with van der Waals surface area (Å²) in [6, 6.07) is 66.7. The molecule has 7 rings (SSSR count). The second-order valence-corrected chi connectivity index (χ2v) is 13.2. The molecule has 0 atom stereocenters. The minimum Gasteiger partial charge on any atom is -0.488 e. The summed E-state index contributed by atoms with van der Waals surface area (Å²) in [4.78, 5) is 0. The Morgan fingerprint density at radius 1 is 0.352 bits per heavy atom. The molecule has 0 saturated heterocycles. The van der Waals surface area contributed by atoms with Crippen LogP contribution in [0.25, 0.3) is 0 Å². The van der Waals surface area contributed by atoms with Crippen LogP contribution < -0.4 is 15.4 Å². The van der Waals surface area contributed by atoms with Gasteiger partial charge in [-0.25, -0.2) is 0 Å². The van der Waals surface area contributed by atoms with Gasteiger partial charge in [0.25, 0.3) is 0 Å². The van der Waals surface area contributed by atoms with Crippen molar-refractivity contribution < 1.29 is 17.9 Å². The SMILES string of the molecule is FC(F)(F)c1ccc(OC(CNC(c2ccccc2)(c2ccccc2)c2ccccc2)CNC(c2ccccc2)(c2ccccc2)c2ccccc2)cc1. The molecule has 0 fully saturated rings. The zero-order valence-electron chi connectivity index (χ0n) is 29.7. The zero-order chi connectivity index (χ0) is 37.3. The molecule has 0 radical (unpaired) electrons. The van der Waals surface area contributed by atoms with E-state index in [1.54, 1.807) is 0 Å². The monoisotopic (exact) mass is 718 g/mol. The third-order valence-electron chi connectivity index (χ3n) is 9.91. The van der Waals surface area contributed by atoms with Gasteiger partial charge in [-0.3, -0.25) is 10.6 Å². The van der Waals surface area contributed by atoms with Crippen molar-refractivity contribution in [2.24, 2.45) is 0 Å². The lowest BCUT2D eigenvalue weighted by Gasteiger charge is -2.40. The lowest BCUT2D eigenvalue weighted by Crippen LogP contribution is -2.53. The minimum absolute atomic E-state index is 0.321. The molecular weight excluding hydrogens is 678 g/mol. The van der Waals surface area contributed by atoms with Gasteiger partial charge >= 0.3 is 6.18 Å². The fourth-order valence-corrected chi connectivity index (χ4v) is 7.35. The number of hydrogen-bond donors (Lipinski definition) is 2. The van der Waals surface area contributed by atoms with Crippen LogP contribution in [0.1, 0.15) is 38.9 Å². The van der Waals surface area contributed by atoms with Gasteiger partial charge in [0.15, 0.2) is 0 Å². The molecule has 54 heavy (non-hydrogen) atoms. The van der Waals surface area contributed by atoms with Crippen LogP contribution in [-0.4, -0.2) is 19.2 Å². The lowest BCUT2D eigenvalue weighted by molar-refractivity contribution is -0.137. The summed E-state index contributed by atoms with van der Waals surface area (Å²) in [7, 11) is 0. The van der Waals surface area contributed by atoms with Gasteiger partial charge in [0, 0.05) is 13.1 Å². The van der Waals surface area contributed by atoms with Crippen LogP contribution in [0, 0.1) is 0 Å². The van der Waals surface area contributed by atoms with Crippen LogP contribution >= 0.6 is 0 Å². The summed E-state index contributed by atoms with van der Waals surface area (Å²) in [5.74, 6) is 0.339. The summed E-state index contributed by atoms with van der Waals surface area (Å²) in [5.41, 5.74) is 3.92. The largest absolute Gasteiger partial charge is 0.488 e. The fraction of sp³-hybridized carbons (Fsp3) is 0.125. The van der Waals surface area contributed by atoms with E-state index in [1.807, 2.05) is 109 Å². The molecule has 0 aliphatic heterocycles. The first kappa shape index (κ1) is 36.4. The standard InChI is InChI=1S/C48H41F3N2O/c49-48(50,51)43-31-33-44(34-32-43)54-45(35-52-46(37-19-7-1-8-20-37,38-21-9-2-10-22-38)39-23-11-3-12-24-39)36-53-47(40-25-13-4-14-26-40,41-27-15-5-16-28-41)42-29-17-6-18-30-42/h1-34,45,52-53H,35-36H2. The Bertz CT molecular complexity index is 1840. The first-order valence-corrected chi connectivity index (χ1v) is 18.1. The molecular formula is C48H41F3N2O. The van der Waals surface area contributed by atoms with Gasteiger partial charge in [-0.05, 0) is 57.6 Å². The predicted molar refractivity (Wildman–Crippen MR) is 210 cm³/mol. The molecule has 7 aromatic rings. The Labute approximate surface area is 315 Å². The Morgan fingerprint density at radius 2 is 0.611 bits per heavy atom. The molecule has 0 aliphatic carbocycles. The topological polar surface area (TPSA) is 33.3 Å². The summed E-state index contributed by atoms with van der Waals surface area (Å²) >= 11 is 0. The van der Waals surface area contributed by atoms with E-state index in [0.29, 0.717) is 18.8 Å². The third kappa shape index (κ3) is 7.72.